The number of carbonyl (C=O) groups is 1. The first kappa shape index (κ1) is 12.4. The molecule has 13 heavy (non-hydrogen) atoms. The van der Waals surface area contributed by atoms with Gasteiger partial charge < -0.3 is 10.2 Å². The molecule has 0 aromatic heterocycles. The van der Waals surface area contributed by atoms with Gasteiger partial charge in [-0.2, -0.15) is 0 Å². The second kappa shape index (κ2) is 6.89. The van der Waals surface area contributed by atoms with Crippen LogP contribution in [0.2, 0.25) is 0 Å². The highest BCUT2D eigenvalue weighted by atomic mass is 16.2. The minimum absolute atomic E-state index is 0.183. The third kappa shape index (κ3) is 4.88. The van der Waals surface area contributed by atoms with E-state index in [1.807, 2.05) is 11.9 Å². The van der Waals surface area contributed by atoms with Crippen molar-refractivity contribution in [3.05, 3.63) is 0 Å². The Bertz CT molecular complexity index is 148. The molecule has 0 aromatic rings. The van der Waals surface area contributed by atoms with Gasteiger partial charge in [0.25, 0.3) is 0 Å². The lowest BCUT2D eigenvalue weighted by Gasteiger charge is -2.23. The molecule has 0 saturated carbocycles. The highest BCUT2D eigenvalue weighted by Gasteiger charge is 2.12. The van der Waals surface area contributed by atoms with Crippen LogP contribution in [0.1, 0.15) is 33.6 Å². The van der Waals surface area contributed by atoms with E-state index in [2.05, 4.69) is 26.1 Å². The molecule has 0 fully saturated rings. The van der Waals surface area contributed by atoms with Crippen LogP contribution in [0, 0.1) is 0 Å². The first-order valence-electron chi connectivity index (χ1n) is 5.09. The van der Waals surface area contributed by atoms with Gasteiger partial charge in [-0.1, -0.05) is 13.8 Å². The summed E-state index contributed by atoms with van der Waals surface area (Å²) in [7, 11) is 1.87. The summed E-state index contributed by atoms with van der Waals surface area (Å²) < 4.78 is 0. The summed E-state index contributed by atoms with van der Waals surface area (Å²) in [6, 6.07) is 0.343. The SMILES string of the molecule is CCCNCC(=O)N(C)C(C)CC. The maximum atomic E-state index is 11.5. The Morgan fingerprint density at radius 2 is 2.08 bits per heavy atom. The lowest BCUT2D eigenvalue weighted by molar-refractivity contribution is -0.130. The van der Waals surface area contributed by atoms with E-state index in [0.29, 0.717) is 12.6 Å². The van der Waals surface area contributed by atoms with Gasteiger partial charge in [0.15, 0.2) is 0 Å². The van der Waals surface area contributed by atoms with E-state index >= 15 is 0 Å². The van der Waals surface area contributed by atoms with Crippen molar-refractivity contribution in [1.82, 2.24) is 10.2 Å². The fourth-order valence-electron chi connectivity index (χ4n) is 1.02. The fraction of sp³-hybridized carbons (Fsp3) is 0.900. The zero-order chi connectivity index (χ0) is 10.3. The Morgan fingerprint density at radius 1 is 1.46 bits per heavy atom. The molecule has 0 bridgehead atoms. The monoisotopic (exact) mass is 186 g/mol. The van der Waals surface area contributed by atoms with Gasteiger partial charge in [0.1, 0.15) is 0 Å². The molecule has 1 atom stereocenters. The van der Waals surface area contributed by atoms with Crippen molar-refractivity contribution in [2.75, 3.05) is 20.1 Å². The molecule has 0 rings (SSSR count). The molecule has 1 amide bonds. The normalized spacial score (nSPS) is 12.6. The summed E-state index contributed by atoms with van der Waals surface area (Å²) in [6.07, 6.45) is 2.08. The van der Waals surface area contributed by atoms with E-state index in [-0.39, 0.29) is 5.91 Å². The van der Waals surface area contributed by atoms with E-state index in [4.69, 9.17) is 0 Å². The van der Waals surface area contributed by atoms with Gasteiger partial charge in [-0.05, 0) is 26.3 Å². The number of rotatable bonds is 6. The van der Waals surface area contributed by atoms with Crippen LogP contribution in [0.5, 0.6) is 0 Å². The summed E-state index contributed by atoms with van der Waals surface area (Å²) in [5.41, 5.74) is 0. The molecular formula is C10H22N2O. The number of carbonyl (C=O) groups excluding carboxylic acids is 1. The van der Waals surface area contributed by atoms with Gasteiger partial charge in [-0.25, -0.2) is 0 Å². The summed E-state index contributed by atoms with van der Waals surface area (Å²) in [6.45, 7) is 7.64. The summed E-state index contributed by atoms with van der Waals surface area (Å²) in [5, 5.41) is 3.10. The van der Waals surface area contributed by atoms with Gasteiger partial charge >= 0.3 is 0 Å². The summed E-state index contributed by atoms with van der Waals surface area (Å²) in [5.74, 6) is 0.183. The average molecular weight is 186 g/mol. The first-order valence-corrected chi connectivity index (χ1v) is 5.09. The van der Waals surface area contributed by atoms with Crippen LogP contribution in [-0.2, 0) is 4.79 Å². The second-order valence-corrected chi connectivity index (χ2v) is 3.44. The molecule has 78 valence electrons. The van der Waals surface area contributed by atoms with Crippen molar-refractivity contribution in [1.29, 1.82) is 0 Å². The van der Waals surface area contributed by atoms with E-state index in [1.54, 1.807) is 0 Å². The number of amides is 1. The van der Waals surface area contributed by atoms with Crippen molar-refractivity contribution < 1.29 is 4.79 Å². The molecular weight excluding hydrogens is 164 g/mol. The summed E-state index contributed by atoms with van der Waals surface area (Å²) in [4.78, 5) is 13.3. The zero-order valence-corrected chi connectivity index (χ0v) is 9.26. The van der Waals surface area contributed by atoms with Crippen molar-refractivity contribution in [2.45, 2.75) is 39.7 Å². The molecule has 3 heteroatoms. The Hall–Kier alpha value is -0.570. The van der Waals surface area contributed by atoms with Gasteiger partial charge in [0.2, 0.25) is 5.91 Å². The third-order valence-corrected chi connectivity index (χ3v) is 2.35. The predicted octanol–water partition coefficient (Wildman–Crippen LogP) is 1.24. The van der Waals surface area contributed by atoms with Crippen LogP contribution in [0.25, 0.3) is 0 Å². The predicted molar refractivity (Wildman–Crippen MR) is 55.7 cm³/mol. The van der Waals surface area contributed by atoms with Crippen molar-refractivity contribution in [2.24, 2.45) is 0 Å². The van der Waals surface area contributed by atoms with Crippen LogP contribution >= 0.6 is 0 Å². The van der Waals surface area contributed by atoms with Crippen LogP contribution in [0.4, 0.5) is 0 Å². The highest BCUT2D eigenvalue weighted by Crippen LogP contribution is 1.99. The third-order valence-electron chi connectivity index (χ3n) is 2.35. The van der Waals surface area contributed by atoms with E-state index < -0.39 is 0 Å². The first-order chi connectivity index (χ1) is 6.13. The number of hydrogen-bond donors (Lipinski definition) is 1. The number of nitrogens with zero attached hydrogens (tertiary/aromatic N) is 1. The van der Waals surface area contributed by atoms with Crippen LogP contribution in [-0.4, -0.2) is 37.0 Å². The lowest BCUT2D eigenvalue weighted by atomic mass is 10.2. The number of nitrogens with one attached hydrogen (secondary N) is 1. The van der Waals surface area contributed by atoms with E-state index in [0.717, 1.165) is 19.4 Å². The molecule has 1 unspecified atom stereocenters. The van der Waals surface area contributed by atoms with Crippen molar-refractivity contribution >= 4 is 5.91 Å². The topological polar surface area (TPSA) is 32.3 Å². The fourth-order valence-corrected chi connectivity index (χ4v) is 1.02. The zero-order valence-electron chi connectivity index (χ0n) is 9.26. The maximum absolute atomic E-state index is 11.5. The Kier molecular flexibility index (Phi) is 6.59. The lowest BCUT2D eigenvalue weighted by Crippen LogP contribution is -2.40. The molecule has 0 aliphatic rings. The Labute approximate surface area is 81.5 Å². The quantitative estimate of drug-likeness (QED) is 0.633. The van der Waals surface area contributed by atoms with Gasteiger partial charge in [0.05, 0.1) is 6.54 Å². The van der Waals surface area contributed by atoms with Crippen molar-refractivity contribution in [3.63, 3.8) is 0 Å². The molecule has 1 N–H and O–H groups in total. The van der Waals surface area contributed by atoms with Crippen LogP contribution in [0.3, 0.4) is 0 Å². The molecule has 0 spiro atoms. The van der Waals surface area contributed by atoms with Crippen molar-refractivity contribution in [3.8, 4) is 0 Å². The average Bonchev–Trinajstić information content (AvgIpc) is 2.15. The molecule has 0 radical (unpaired) electrons. The Morgan fingerprint density at radius 3 is 2.54 bits per heavy atom. The van der Waals surface area contributed by atoms with E-state index in [9.17, 15) is 4.79 Å². The molecule has 0 aliphatic heterocycles. The summed E-state index contributed by atoms with van der Waals surface area (Å²) >= 11 is 0. The maximum Gasteiger partial charge on any atom is 0.236 e. The standard InChI is InChI=1S/C10H22N2O/c1-5-7-11-8-10(13)12(4)9(3)6-2/h9,11H,5-8H2,1-4H3. The van der Waals surface area contributed by atoms with E-state index in [1.165, 1.54) is 0 Å². The number of hydrogen-bond acceptors (Lipinski definition) is 2. The highest BCUT2D eigenvalue weighted by molar-refractivity contribution is 5.78. The minimum atomic E-state index is 0.183. The largest absolute Gasteiger partial charge is 0.342 e. The van der Waals surface area contributed by atoms with Crippen LogP contribution in [0.15, 0.2) is 0 Å². The van der Waals surface area contributed by atoms with Gasteiger partial charge in [-0.15, -0.1) is 0 Å². The number of likely N-dealkylation sites (N-methyl/N-ethyl adjacent to an activating group) is 1. The molecule has 3 nitrogen and oxygen atoms in total. The van der Waals surface area contributed by atoms with Gasteiger partial charge in [0, 0.05) is 13.1 Å². The minimum Gasteiger partial charge on any atom is -0.342 e. The molecule has 0 saturated heterocycles. The molecule has 0 aliphatic carbocycles. The smallest absolute Gasteiger partial charge is 0.236 e. The second-order valence-electron chi connectivity index (χ2n) is 3.44. The molecule has 0 heterocycles. The van der Waals surface area contributed by atoms with Crippen LogP contribution < -0.4 is 5.32 Å². The Balaban J connectivity index is 3.69. The van der Waals surface area contributed by atoms with Gasteiger partial charge in [-0.3, -0.25) is 4.79 Å². The molecule has 0 aromatic carbocycles.